The molecule has 0 amide bonds. The molecule has 0 aliphatic heterocycles. The van der Waals surface area contributed by atoms with Crippen LogP contribution in [-0.2, 0) is 25.7 Å². The van der Waals surface area contributed by atoms with Crippen LogP contribution in [0.15, 0.2) is 24.3 Å². The Morgan fingerprint density at radius 3 is 2.36 bits per heavy atom. The molecule has 0 N–H and O–H groups in total. The first-order valence-electron chi connectivity index (χ1n) is 9.20. The number of rotatable bonds is 5. The number of ether oxygens (including phenoxy) is 1. The zero-order valence-corrected chi connectivity index (χ0v) is 15.3. The first kappa shape index (κ1) is 20.6. The molecule has 152 valence electrons. The molecule has 3 rings (SSSR count). The van der Waals surface area contributed by atoms with Crippen molar-refractivity contribution < 1.29 is 31.1 Å². The lowest BCUT2D eigenvalue weighted by Crippen LogP contribution is -2.21. The molecule has 7 heteroatoms. The van der Waals surface area contributed by atoms with Crippen LogP contribution in [-0.4, -0.2) is 6.36 Å². The normalized spacial score (nSPS) is 16.8. The standard InChI is InChI=1S/C21H20F6O/c1-2-12-10-17(22)16(18(23)11-12)7-4-13-3-6-15-14(9-13)5-8-19(20(15)24)28-21(25,26)27/h5,8,10-11,13H,2-4,6-7,9H2,1H3. The Kier molecular flexibility index (Phi) is 5.91. The summed E-state index contributed by atoms with van der Waals surface area (Å²) in [6, 6.07) is 5.09. The minimum absolute atomic E-state index is 0.0445. The minimum Gasteiger partial charge on any atom is -0.403 e. The Balaban J connectivity index is 1.69. The van der Waals surface area contributed by atoms with Gasteiger partial charge >= 0.3 is 6.36 Å². The van der Waals surface area contributed by atoms with Gasteiger partial charge < -0.3 is 4.74 Å². The second kappa shape index (κ2) is 8.05. The summed E-state index contributed by atoms with van der Waals surface area (Å²) < 4.78 is 83.3. The molecule has 1 atom stereocenters. The molecule has 1 aliphatic carbocycles. The number of halogens is 6. The predicted molar refractivity (Wildman–Crippen MR) is 92.7 cm³/mol. The molecule has 0 spiro atoms. The van der Waals surface area contributed by atoms with Crippen LogP contribution >= 0.6 is 0 Å². The maximum atomic E-state index is 14.3. The number of alkyl halides is 3. The molecule has 0 saturated heterocycles. The van der Waals surface area contributed by atoms with E-state index in [9.17, 15) is 26.3 Å². The Bertz CT molecular complexity index is 836. The largest absolute Gasteiger partial charge is 0.573 e. The van der Waals surface area contributed by atoms with Crippen LogP contribution in [0.4, 0.5) is 26.3 Å². The third kappa shape index (κ3) is 4.62. The predicted octanol–water partition coefficient (Wildman–Crippen LogP) is 6.30. The van der Waals surface area contributed by atoms with E-state index in [-0.39, 0.29) is 29.9 Å². The second-order valence-corrected chi connectivity index (χ2v) is 7.10. The average molecular weight is 402 g/mol. The molecule has 1 unspecified atom stereocenters. The number of aryl methyl sites for hydroxylation is 1. The summed E-state index contributed by atoms with van der Waals surface area (Å²) in [5.41, 5.74) is 1.48. The van der Waals surface area contributed by atoms with Gasteiger partial charge in [0, 0.05) is 5.56 Å². The van der Waals surface area contributed by atoms with Gasteiger partial charge in [0.05, 0.1) is 0 Å². The fourth-order valence-corrected chi connectivity index (χ4v) is 3.76. The summed E-state index contributed by atoms with van der Waals surface area (Å²) in [6.45, 7) is 1.82. The molecule has 1 aliphatic rings. The average Bonchev–Trinajstić information content (AvgIpc) is 2.62. The van der Waals surface area contributed by atoms with Crippen molar-refractivity contribution >= 4 is 0 Å². The van der Waals surface area contributed by atoms with Crippen LogP contribution in [0.25, 0.3) is 0 Å². The van der Waals surface area contributed by atoms with E-state index in [4.69, 9.17) is 0 Å². The highest BCUT2D eigenvalue weighted by molar-refractivity contribution is 5.39. The van der Waals surface area contributed by atoms with E-state index >= 15 is 0 Å². The number of hydrogen-bond acceptors (Lipinski definition) is 1. The van der Waals surface area contributed by atoms with Crippen molar-refractivity contribution in [3.8, 4) is 5.75 Å². The van der Waals surface area contributed by atoms with Gasteiger partial charge in [-0.15, -0.1) is 13.2 Å². The van der Waals surface area contributed by atoms with Gasteiger partial charge in [-0.05, 0) is 79.3 Å². The third-order valence-corrected chi connectivity index (χ3v) is 5.25. The van der Waals surface area contributed by atoms with E-state index in [2.05, 4.69) is 4.74 Å². The van der Waals surface area contributed by atoms with Gasteiger partial charge in [0.25, 0.3) is 0 Å². The molecule has 2 aromatic rings. The van der Waals surface area contributed by atoms with Crippen molar-refractivity contribution in [2.24, 2.45) is 5.92 Å². The summed E-state index contributed by atoms with van der Waals surface area (Å²) in [6.07, 6.45) is -2.42. The highest BCUT2D eigenvalue weighted by Crippen LogP contribution is 2.35. The Hall–Kier alpha value is -2.18. The van der Waals surface area contributed by atoms with Crippen molar-refractivity contribution in [1.82, 2.24) is 0 Å². The summed E-state index contributed by atoms with van der Waals surface area (Å²) in [4.78, 5) is 0. The first-order valence-corrected chi connectivity index (χ1v) is 9.20. The second-order valence-electron chi connectivity index (χ2n) is 7.10. The van der Waals surface area contributed by atoms with E-state index in [1.54, 1.807) is 0 Å². The number of hydrogen-bond donors (Lipinski definition) is 0. The van der Waals surface area contributed by atoms with Crippen LogP contribution < -0.4 is 4.74 Å². The van der Waals surface area contributed by atoms with Crippen molar-refractivity contribution in [1.29, 1.82) is 0 Å². The number of benzene rings is 2. The zero-order valence-electron chi connectivity index (χ0n) is 15.3. The van der Waals surface area contributed by atoms with E-state index in [0.717, 1.165) is 6.07 Å². The van der Waals surface area contributed by atoms with Crippen molar-refractivity contribution in [3.05, 3.63) is 64.0 Å². The molecule has 0 aromatic heterocycles. The molecule has 0 fully saturated rings. The van der Waals surface area contributed by atoms with Crippen molar-refractivity contribution in [2.45, 2.75) is 51.8 Å². The fraction of sp³-hybridized carbons (Fsp3) is 0.429. The van der Waals surface area contributed by atoms with Gasteiger partial charge in [0.2, 0.25) is 0 Å². The summed E-state index contributed by atoms with van der Waals surface area (Å²) in [5.74, 6) is -2.86. The molecule has 0 saturated carbocycles. The van der Waals surface area contributed by atoms with Gasteiger partial charge in [0.1, 0.15) is 11.6 Å². The molecule has 0 bridgehead atoms. The smallest absolute Gasteiger partial charge is 0.403 e. The zero-order chi connectivity index (χ0) is 20.5. The monoisotopic (exact) mass is 402 g/mol. The quantitative estimate of drug-likeness (QED) is 0.533. The van der Waals surface area contributed by atoms with Crippen LogP contribution in [0.3, 0.4) is 0 Å². The van der Waals surface area contributed by atoms with Gasteiger partial charge in [-0.25, -0.2) is 13.2 Å². The SMILES string of the molecule is CCc1cc(F)c(CCC2CCc3c(ccc(OC(F)(F)F)c3F)C2)c(F)c1. The summed E-state index contributed by atoms with van der Waals surface area (Å²) in [5, 5.41) is 0. The summed E-state index contributed by atoms with van der Waals surface area (Å²) >= 11 is 0. The van der Waals surface area contributed by atoms with Gasteiger partial charge in [-0.1, -0.05) is 13.0 Å². The van der Waals surface area contributed by atoms with Gasteiger partial charge in [-0.2, -0.15) is 0 Å². The van der Waals surface area contributed by atoms with E-state index < -0.39 is 29.6 Å². The maximum absolute atomic E-state index is 14.3. The van der Waals surface area contributed by atoms with Crippen LogP contribution in [0, 0.1) is 23.4 Å². The van der Waals surface area contributed by atoms with Crippen LogP contribution in [0.1, 0.15) is 42.0 Å². The molecule has 2 aromatic carbocycles. The first-order chi connectivity index (χ1) is 13.2. The Morgan fingerprint density at radius 1 is 1.07 bits per heavy atom. The third-order valence-electron chi connectivity index (χ3n) is 5.25. The molecular weight excluding hydrogens is 382 g/mol. The van der Waals surface area contributed by atoms with Gasteiger partial charge in [0.15, 0.2) is 11.6 Å². The molecule has 28 heavy (non-hydrogen) atoms. The topological polar surface area (TPSA) is 9.23 Å². The molecular formula is C21H20F6O. The lowest BCUT2D eigenvalue weighted by molar-refractivity contribution is -0.275. The molecule has 0 radical (unpaired) electrons. The molecule has 1 nitrogen and oxygen atoms in total. The lowest BCUT2D eigenvalue weighted by atomic mass is 9.80. The Morgan fingerprint density at radius 2 is 1.75 bits per heavy atom. The maximum Gasteiger partial charge on any atom is 0.573 e. The van der Waals surface area contributed by atoms with E-state index in [0.29, 0.717) is 36.8 Å². The highest BCUT2D eigenvalue weighted by atomic mass is 19.4. The summed E-state index contributed by atoms with van der Waals surface area (Å²) in [7, 11) is 0. The minimum atomic E-state index is -4.95. The van der Waals surface area contributed by atoms with E-state index in [1.807, 2.05) is 6.92 Å². The number of fused-ring (bicyclic) bond motifs is 1. The lowest BCUT2D eigenvalue weighted by Gasteiger charge is -2.26. The van der Waals surface area contributed by atoms with Crippen LogP contribution in [0.5, 0.6) is 5.75 Å². The van der Waals surface area contributed by atoms with Crippen molar-refractivity contribution in [3.63, 3.8) is 0 Å². The van der Waals surface area contributed by atoms with Gasteiger partial charge in [-0.3, -0.25) is 0 Å². The van der Waals surface area contributed by atoms with Crippen molar-refractivity contribution in [2.75, 3.05) is 0 Å². The van der Waals surface area contributed by atoms with E-state index in [1.165, 1.54) is 18.2 Å². The van der Waals surface area contributed by atoms with Crippen LogP contribution in [0.2, 0.25) is 0 Å². The Labute approximate surface area is 159 Å². The fourth-order valence-electron chi connectivity index (χ4n) is 3.76. The molecule has 0 heterocycles. The highest BCUT2D eigenvalue weighted by Gasteiger charge is 2.34.